The monoisotopic (exact) mass is 320 g/mol. The normalized spacial score (nSPS) is 18.7. The number of rotatable bonds is 5. The molecule has 1 aliphatic heterocycles. The summed E-state index contributed by atoms with van der Waals surface area (Å²) in [6, 6.07) is -0.328. The molecule has 0 aliphatic carbocycles. The zero-order valence-corrected chi connectivity index (χ0v) is 12.3. The lowest BCUT2D eigenvalue weighted by Gasteiger charge is -2.16. The number of alkyl halides is 3. The van der Waals surface area contributed by atoms with E-state index in [0.29, 0.717) is 32.2 Å². The van der Waals surface area contributed by atoms with Gasteiger partial charge in [-0.05, 0) is 13.3 Å². The molecule has 1 aromatic rings. The van der Waals surface area contributed by atoms with Crippen molar-refractivity contribution in [3.63, 3.8) is 0 Å². The van der Waals surface area contributed by atoms with Gasteiger partial charge in [0.25, 0.3) is 0 Å². The molecule has 6 nitrogen and oxygen atoms in total. The van der Waals surface area contributed by atoms with Crippen molar-refractivity contribution in [3.8, 4) is 0 Å². The van der Waals surface area contributed by atoms with Gasteiger partial charge in [0.2, 0.25) is 0 Å². The second kappa shape index (κ2) is 6.99. The Bertz CT molecular complexity index is 504. The van der Waals surface area contributed by atoms with Crippen LogP contribution in [0.25, 0.3) is 0 Å². The van der Waals surface area contributed by atoms with Crippen LogP contribution >= 0.6 is 0 Å². The fourth-order valence-electron chi connectivity index (χ4n) is 2.34. The quantitative estimate of drug-likeness (QED) is 0.906. The van der Waals surface area contributed by atoms with Crippen LogP contribution in [0.5, 0.6) is 0 Å². The van der Waals surface area contributed by atoms with Crippen molar-refractivity contribution in [2.24, 2.45) is 5.92 Å². The fourth-order valence-corrected chi connectivity index (χ4v) is 2.34. The van der Waals surface area contributed by atoms with Crippen LogP contribution in [0.4, 0.5) is 23.7 Å². The van der Waals surface area contributed by atoms with Gasteiger partial charge in [0, 0.05) is 31.8 Å². The highest BCUT2D eigenvalue weighted by atomic mass is 19.4. The Morgan fingerprint density at radius 2 is 2.32 bits per heavy atom. The largest absolute Gasteiger partial charge is 0.408 e. The molecule has 0 spiro atoms. The molecule has 0 radical (unpaired) electrons. The van der Waals surface area contributed by atoms with E-state index in [2.05, 4.69) is 10.4 Å². The van der Waals surface area contributed by atoms with E-state index in [-0.39, 0.29) is 11.7 Å². The Labute approximate surface area is 126 Å². The number of aromatic nitrogens is 2. The predicted octanol–water partition coefficient (Wildman–Crippen LogP) is 2.34. The molecule has 124 valence electrons. The number of nitrogens with zero attached hydrogens (tertiary/aromatic N) is 3. The van der Waals surface area contributed by atoms with E-state index in [1.54, 1.807) is 4.90 Å². The molecule has 22 heavy (non-hydrogen) atoms. The second-order valence-corrected chi connectivity index (χ2v) is 5.23. The standard InChI is InChI=1S/C13H19F3N4O2/c1-2-22-8-10-3-4-19(6-10)12(21)18-11-5-17-20(7-11)9-13(14,15)16/h5,7,10H,2-4,6,8-9H2,1H3,(H,18,21)/t10-/m0/s1. The van der Waals surface area contributed by atoms with E-state index in [1.807, 2.05) is 6.92 Å². The summed E-state index contributed by atoms with van der Waals surface area (Å²) < 4.78 is 42.8. The van der Waals surface area contributed by atoms with Crippen LogP contribution in [0, 0.1) is 5.92 Å². The minimum atomic E-state index is -4.34. The van der Waals surface area contributed by atoms with E-state index in [9.17, 15) is 18.0 Å². The molecule has 1 aromatic heterocycles. The number of urea groups is 1. The van der Waals surface area contributed by atoms with Crippen LogP contribution in [0.15, 0.2) is 12.4 Å². The first-order valence-corrected chi connectivity index (χ1v) is 7.10. The van der Waals surface area contributed by atoms with Gasteiger partial charge >= 0.3 is 12.2 Å². The van der Waals surface area contributed by atoms with Crippen molar-refractivity contribution in [2.45, 2.75) is 26.1 Å². The summed E-state index contributed by atoms with van der Waals surface area (Å²) in [6.45, 7) is 3.19. The van der Waals surface area contributed by atoms with E-state index >= 15 is 0 Å². The van der Waals surface area contributed by atoms with Crippen molar-refractivity contribution < 1.29 is 22.7 Å². The van der Waals surface area contributed by atoms with Crippen molar-refractivity contribution in [1.82, 2.24) is 14.7 Å². The second-order valence-electron chi connectivity index (χ2n) is 5.23. The molecule has 2 amide bonds. The number of nitrogens with one attached hydrogen (secondary N) is 1. The maximum Gasteiger partial charge on any atom is 0.408 e. The lowest BCUT2D eigenvalue weighted by molar-refractivity contribution is -0.142. The molecule has 0 saturated carbocycles. The van der Waals surface area contributed by atoms with E-state index in [1.165, 1.54) is 12.4 Å². The maximum absolute atomic E-state index is 12.2. The van der Waals surface area contributed by atoms with E-state index in [0.717, 1.165) is 11.1 Å². The molecule has 0 unspecified atom stereocenters. The Kier molecular flexibility index (Phi) is 5.28. The Morgan fingerprint density at radius 1 is 1.55 bits per heavy atom. The fraction of sp³-hybridized carbons (Fsp3) is 0.692. The highest BCUT2D eigenvalue weighted by molar-refractivity contribution is 5.89. The molecular formula is C13H19F3N4O2. The Hall–Kier alpha value is -1.77. The van der Waals surface area contributed by atoms with Crippen LogP contribution in [-0.2, 0) is 11.3 Å². The van der Waals surface area contributed by atoms with Crippen molar-refractivity contribution in [3.05, 3.63) is 12.4 Å². The van der Waals surface area contributed by atoms with Gasteiger partial charge in [-0.3, -0.25) is 4.68 Å². The highest BCUT2D eigenvalue weighted by Crippen LogP contribution is 2.20. The summed E-state index contributed by atoms with van der Waals surface area (Å²) in [5.74, 6) is 0.304. The molecule has 0 bridgehead atoms. The van der Waals surface area contributed by atoms with Crippen LogP contribution in [0.3, 0.4) is 0 Å². The van der Waals surface area contributed by atoms with Crippen LogP contribution in [-0.4, -0.2) is 53.2 Å². The summed E-state index contributed by atoms with van der Waals surface area (Å²) >= 11 is 0. The summed E-state index contributed by atoms with van der Waals surface area (Å²) in [5.41, 5.74) is 0.252. The molecule has 1 atom stereocenters. The zero-order valence-electron chi connectivity index (χ0n) is 12.3. The maximum atomic E-state index is 12.2. The third-order valence-electron chi connectivity index (χ3n) is 3.36. The number of likely N-dealkylation sites (tertiary alicyclic amines) is 1. The SMILES string of the molecule is CCOC[C@H]1CCN(C(=O)Nc2cnn(CC(F)(F)F)c2)C1. The summed E-state index contributed by atoms with van der Waals surface area (Å²) in [6.07, 6.45) is -1.11. The van der Waals surface area contributed by atoms with Gasteiger partial charge in [-0.1, -0.05) is 0 Å². The van der Waals surface area contributed by atoms with Gasteiger partial charge in [-0.2, -0.15) is 18.3 Å². The first-order valence-electron chi connectivity index (χ1n) is 7.10. The first kappa shape index (κ1) is 16.6. The third kappa shape index (κ3) is 4.90. The molecule has 1 fully saturated rings. The summed E-state index contributed by atoms with van der Waals surface area (Å²) in [5, 5.41) is 6.14. The topological polar surface area (TPSA) is 59.4 Å². The number of halogens is 3. The Morgan fingerprint density at radius 3 is 3.00 bits per heavy atom. The number of carbonyl (C=O) groups excluding carboxylic acids is 1. The predicted molar refractivity (Wildman–Crippen MR) is 73.5 cm³/mol. The highest BCUT2D eigenvalue weighted by Gasteiger charge is 2.29. The summed E-state index contributed by atoms with van der Waals surface area (Å²) in [4.78, 5) is 13.7. The first-order chi connectivity index (χ1) is 10.4. The number of carbonyl (C=O) groups is 1. The van der Waals surface area contributed by atoms with Crippen molar-refractivity contribution in [2.75, 3.05) is 31.6 Å². The van der Waals surface area contributed by atoms with Gasteiger partial charge in [-0.15, -0.1) is 0 Å². The van der Waals surface area contributed by atoms with Gasteiger partial charge in [0.1, 0.15) is 6.54 Å². The number of hydrogen-bond donors (Lipinski definition) is 1. The van der Waals surface area contributed by atoms with Crippen molar-refractivity contribution in [1.29, 1.82) is 0 Å². The molecular weight excluding hydrogens is 301 g/mol. The Balaban J connectivity index is 1.82. The minimum Gasteiger partial charge on any atom is -0.381 e. The van der Waals surface area contributed by atoms with Gasteiger partial charge in [-0.25, -0.2) is 4.79 Å². The summed E-state index contributed by atoms with van der Waals surface area (Å²) in [7, 11) is 0. The smallest absolute Gasteiger partial charge is 0.381 e. The lowest BCUT2D eigenvalue weighted by atomic mass is 10.1. The van der Waals surface area contributed by atoms with Crippen LogP contribution in [0.2, 0.25) is 0 Å². The van der Waals surface area contributed by atoms with Gasteiger partial charge in [0.15, 0.2) is 0 Å². The van der Waals surface area contributed by atoms with Gasteiger partial charge < -0.3 is 15.0 Å². The number of anilines is 1. The number of amides is 2. The molecule has 0 aromatic carbocycles. The van der Waals surface area contributed by atoms with E-state index < -0.39 is 12.7 Å². The van der Waals surface area contributed by atoms with Crippen molar-refractivity contribution >= 4 is 11.7 Å². The average molecular weight is 320 g/mol. The van der Waals surface area contributed by atoms with Crippen LogP contribution in [0.1, 0.15) is 13.3 Å². The lowest BCUT2D eigenvalue weighted by Crippen LogP contribution is -2.33. The molecule has 2 rings (SSSR count). The molecule has 1 saturated heterocycles. The molecule has 1 aliphatic rings. The number of ether oxygens (including phenoxy) is 1. The molecule has 9 heteroatoms. The average Bonchev–Trinajstić information content (AvgIpc) is 3.04. The van der Waals surface area contributed by atoms with Gasteiger partial charge in [0.05, 0.1) is 18.5 Å². The molecule has 2 heterocycles. The number of hydrogen-bond acceptors (Lipinski definition) is 3. The van der Waals surface area contributed by atoms with E-state index in [4.69, 9.17) is 4.74 Å². The zero-order chi connectivity index (χ0) is 16.2. The molecule has 1 N–H and O–H groups in total. The minimum absolute atomic E-state index is 0.252. The third-order valence-corrected chi connectivity index (χ3v) is 3.36. The van der Waals surface area contributed by atoms with Crippen LogP contribution < -0.4 is 5.32 Å².